The van der Waals surface area contributed by atoms with Gasteiger partial charge in [-0.15, -0.1) is 0 Å². The first-order valence-corrected chi connectivity index (χ1v) is 21.9. The smallest absolute Gasteiger partial charge is 0.355 e. The lowest BCUT2D eigenvalue weighted by Crippen LogP contribution is -2.67. The van der Waals surface area contributed by atoms with Crippen LogP contribution >= 0.6 is 0 Å². The summed E-state index contributed by atoms with van der Waals surface area (Å²) in [7, 11) is 3.05. The lowest BCUT2D eigenvalue weighted by Gasteiger charge is -2.48. The zero-order chi connectivity index (χ0) is 43.9. The fourth-order valence-corrected chi connectivity index (χ4v) is 10.1. The number of aliphatic carboxylic acids is 1. The molecule has 5 rings (SSSR count). The minimum absolute atomic E-state index is 0.00583. The molecule has 1 aliphatic carbocycles. The summed E-state index contributed by atoms with van der Waals surface area (Å²) in [5.74, 6) is -8.78. The standard InChI is InChI=1S/C45H68N2O13/c1-26-19-27(2)21-36(56-6)40-37(57-7)23-29(4)45(55,60-40)41(52)42(53)47-18-9-8-16-44(47)43(54)59-39(30(5)34(48)24-35(49)32(20-26)15-17-46-44)28(3)22-31-11-10-12-33(14-13-31)58-25-38(50)51/h15,17,22,26-27,29-31,33-34,36-37,39-40,48,55H,8-14,16,18-21,23-25H2,1-7H3,(H,50,51). The van der Waals surface area contributed by atoms with Crippen molar-refractivity contribution < 1.29 is 63.0 Å². The number of carboxylic acid groups (broad SMARTS) is 1. The van der Waals surface area contributed by atoms with Gasteiger partial charge in [0.15, 0.2) is 5.78 Å². The minimum Gasteiger partial charge on any atom is -0.480 e. The SMILES string of the molecule is COC1CC(C)CC(C)CC2=CC=NC3(CCCCN3C(=O)C(=O)C3(O)OC1C(OC)CC3C)C(=O)OC(C(C)=CC1CCCC(OCC(=O)O)CC1)C(C)C(O)CC2=O. The molecule has 5 aliphatic rings. The van der Waals surface area contributed by atoms with Crippen LogP contribution in [0.25, 0.3) is 0 Å². The Morgan fingerprint density at radius 3 is 2.37 bits per heavy atom. The van der Waals surface area contributed by atoms with Crippen LogP contribution in [0.1, 0.15) is 118 Å². The molecule has 4 bridgehead atoms. The molecular weight excluding hydrogens is 776 g/mol. The summed E-state index contributed by atoms with van der Waals surface area (Å²) in [5, 5.41) is 33.0. The van der Waals surface area contributed by atoms with E-state index in [1.165, 1.54) is 20.4 Å². The number of aliphatic imine (C=N–C) groups is 1. The predicted octanol–water partition coefficient (Wildman–Crippen LogP) is 4.74. The van der Waals surface area contributed by atoms with Gasteiger partial charge >= 0.3 is 11.9 Å². The lowest BCUT2D eigenvalue weighted by molar-refractivity contribution is -0.302. The maximum atomic E-state index is 15.0. The van der Waals surface area contributed by atoms with E-state index in [9.17, 15) is 34.2 Å². The molecule has 3 fully saturated rings. The summed E-state index contributed by atoms with van der Waals surface area (Å²) in [5.41, 5.74) is -1.00. The molecule has 1 spiro atoms. The van der Waals surface area contributed by atoms with E-state index in [1.807, 2.05) is 19.9 Å². The van der Waals surface area contributed by atoms with Crippen LogP contribution in [0.3, 0.4) is 0 Å². The molecule has 3 N–H and O–H groups in total. The summed E-state index contributed by atoms with van der Waals surface area (Å²) < 4.78 is 30.0. The summed E-state index contributed by atoms with van der Waals surface area (Å²) in [6, 6.07) is 0. The molecule has 0 aromatic heterocycles. The molecule has 4 aliphatic heterocycles. The van der Waals surface area contributed by atoms with Gasteiger partial charge in [0.1, 0.15) is 18.8 Å². The van der Waals surface area contributed by atoms with Crippen LogP contribution in [0, 0.1) is 29.6 Å². The molecule has 0 radical (unpaired) electrons. The number of carbonyl (C=O) groups excluding carboxylic acids is 4. The molecular formula is C45H68N2O13. The van der Waals surface area contributed by atoms with Crippen LogP contribution in [-0.4, -0.2) is 131 Å². The molecule has 4 heterocycles. The van der Waals surface area contributed by atoms with Crippen LogP contribution in [0.4, 0.5) is 0 Å². The largest absolute Gasteiger partial charge is 0.480 e. The Bertz CT molecular complexity index is 1660. The van der Waals surface area contributed by atoms with Gasteiger partial charge in [0, 0.05) is 51.7 Å². The van der Waals surface area contributed by atoms with Crippen LogP contribution in [0.15, 0.2) is 28.3 Å². The fourth-order valence-electron chi connectivity index (χ4n) is 10.1. The Morgan fingerprint density at radius 2 is 1.67 bits per heavy atom. The van der Waals surface area contributed by atoms with E-state index in [1.54, 1.807) is 19.9 Å². The van der Waals surface area contributed by atoms with E-state index in [4.69, 9.17) is 33.8 Å². The summed E-state index contributed by atoms with van der Waals surface area (Å²) in [4.78, 5) is 75.4. The van der Waals surface area contributed by atoms with E-state index in [0.717, 1.165) is 17.7 Å². The molecule has 0 aromatic carbocycles. The van der Waals surface area contributed by atoms with Crippen molar-refractivity contribution in [3.05, 3.63) is 23.3 Å². The fraction of sp³-hybridized carbons (Fsp3) is 0.778. The van der Waals surface area contributed by atoms with E-state index >= 15 is 0 Å². The highest BCUT2D eigenvalue weighted by Crippen LogP contribution is 2.41. The first kappa shape index (κ1) is 47.7. The third-order valence-electron chi connectivity index (χ3n) is 13.6. The average molecular weight is 845 g/mol. The molecule has 60 heavy (non-hydrogen) atoms. The number of fused-ring (bicyclic) bond motifs is 3. The van der Waals surface area contributed by atoms with Gasteiger partial charge in [0.05, 0.1) is 24.4 Å². The number of allylic oxidation sites excluding steroid dienone is 3. The highest BCUT2D eigenvalue weighted by Gasteiger charge is 2.59. The number of methoxy groups -OCH3 is 2. The number of hydrogen-bond acceptors (Lipinski definition) is 13. The zero-order valence-corrected chi connectivity index (χ0v) is 36.5. The van der Waals surface area contributed by atoms with Crippen molar-refractivity contribution in [2.24, 2.45) is 34.6 Å². The Kier molecular flexibility index (Phi) is 16.4. The molecule has 15 nitrogen and oxygen atoms in total. The number of cyclic esters (lactones) is 1. The zero-order valence-electron chi connectivity index (χ0n) is 36.5. The van der Waals surface area contributed by atoms with Gasteiger partial charge in [-0.1, -0.05) is 40.2 Å². The number of amides is 1. The van der Waals surface area contributed by atoms with E-state index in [-0.39, 0.29) is 62.1 Å². The highest BCUT2D eigenvalue weighted by molar-refractivity contribution is 6.39. The lowest BCUT2D eigenvalue weighted by atomic mass is 9.81. The molecule has 336 valence electrons. The highest BCUT2D eigenvalue weighted by atomic mass is 16.7. The molecule has 15 heteroatoms. The number of esters is 1. The van der Waals surface area contributed by atoms with Crippen LogP contribution in [0.2, 0.25) is 0 Å². The third kappa shape index (κ3) is 10.8. The van der Waals surface area contributed by atoms with E-state index in [0.29, 0.717) is 62.5 Å². The van der Waals surface area contributed by atoms with Crippen molar-refractivity contribution >= 4 is 35.6 Å². The van der Waals surface area contributed by atoms with Crippen LogP contribution < -0.4 is 0 Å². The number of carboxylic acids is 1. The first-order chi connectivity index (χ1) is 28.4. The van der Waals surface area contributed by atoms with Gasteiger partial charge in [-0.2, -0.15) is 0 Å². The van der Waals surface area contributed by atoms with E-state index in [2.05, 4.69) is 6.92 Å². The number of ether oxygens (including phenoxy) is 5. The number of aliphatic hydroxyl groups excluding tert-OH is 1. The topological polar surface area (TPSA) is 208 Å². The van der Waals surface area contributed by atoms with Crippen molar-refractivity contribution in [3.8, 4) is 0 Å². The van der Waals surface area contributed by atoms with Crippen molar-refractivity contribution in [2.75, 3.05) is 27.4 Å². The Morgan fingerprint density at radius 1 is 0.950 bits per heavy atom. The van der Waals surface area contributed by atoms with Crippen molar-refractivity contribution in [1.29, 1.82) is 0 Å². The van der Waals surface area contributed by atoms with Crippen LogP contribution in [-0.2, 0) is 47.7 Å². The normalized spacial score (nSPS) is 39.5. The second-order valence-electron chi connectivity index (χ2n) is 18.3. The van der Waals surface area contributed by atoms with Crippen molar-refractivity contribution in [1.82, 2.24) is 4.90 Å². The number of aliphatic hydroxyl groups is 2. The molecule has 1 amide bonds. The maximum Gasteiger partial charge on any atom is 0.355 e. The van der Waals surface area contributed by atoms with Crippen molar-refractivity contribution in [2.45, 2.75) is 166 Å². The van der Waals surface area contributed by atoms with Crippen LogP contribution in [0.5, 0.6) is 0 Å². The Hall–Kier alpha value is -3.34. The number of hydrogen-bond donors (Lipinski definition) is 3. The second kappa shape index (κ2) is 20.7. The predicted molar refractivity (Wildman–Crippen MR) is 220 cm³/mol. The Balaban J connectivity index is 1.60. The molecule has 0 aromatic rings. The number of nitrogens with zero attached hydrogens (tertiary/aromatic N) is 2. The third-order valence-corrected chi connectivity index (χ3v) is 13.6. The minimum atomic E-state index is -2.58. The van der Waals surface area contributed by atoms with Gasteiger partial charge in [-0.3, -0.25) is 19.4 Å². The molecule has 13 unspecified atom stereocenters. The van der Waals surface area contributed by atoms with Crippen molar-refractivity contribution in [3.63, 3.8) is 0 Å². The average Bonchev–Trinajstić information content (AvgIpc) is 3.44. The molecule has 1 saturated carbocycles. The van der Waals surface area contributed by atoms with E-state index < -0.39 is 77.4 Å². The summed E-state index contributed by atoms with van der Waals surface area (Å²) >= 11 is 0. The summed E-state index contributed by atoms with van der Waals surface area (Å²) in [6.07, 6.45) is 6.31. The second-order valence-corrected chi connectivity index (χ2v) is 18.3. The van der Waals surface area contributed by atoms with Gasteiger partial charge in [0.2, 0.25) is 11.4 Å². The first-order valence-electron chi connectivity index (χ1n) is 21.9. The summed E-state index contributed by atoms with van der Waals surface area (Å²) in [6.45, 7) is 8.82. The number of carbonyl (C=O) groups is 5. The Labute approximate surface area is 354 Å². The number of piperidine rings is 1. The number of rotatable bonds is 7. The quantitative estimate of drug-likeness (QED) is 0.137. The molecule has 13 atom stereocenters. The monoisotopic (exact) mass is 844 g/mol. The van der Waals surface area contributed by atoms with Gasteiger partial charge in [0.25, 0.3) is 11.7 Å². The maximum absolute atomic E-state index is 15.0. The van der Waals surface area contributed by atoms with Gasteiger partial charge < -0.3 is 43.9 Å². The molecule has 2 saturated heterocycles. The number of ketones is 2. The van der Waals surface area contributed by atoms with Gasteiger partial charge in [-0.25, -0.2) is 9.59 Å². The number of Topliss-reactive ketones (excluding diaryl/α,β-unsaturated/α-hetero) is 2. The van der Waals surface area contributed by atoms with Gasteiger partial charge in [-0.05, 0) is 106 Å².